The van der Waals surface area contributed by atoms with Gasteiger partial charge in [0.25, 0.3) is 0 Å². The molecule has 2 aromatic carbocycles. The zero-order valence-electron chi connectivity index (χ0n) is 10.4. The predicted octanol–water partition coefficient (Wildman–Crippen LogP) is 4.54. The quantitative estimate of drug-likeness (QED) is 0.739. The highest BCUT2D eigenvalue weighted by Crippen LogP contribution is 2.28. The summed E-state index contributed by atoms with van der Waals surface area (Å²) >= 11 is 9.41. The average molecular weight is 349 g/mol. The monoisotopic (exact) mass is 347 g/mol. The fourth-order valence-corrected chi connectivity index (χ4v) is 2.57. The van der Waals surface area contributed by atoms with E-state index in [-0.39, 0.29) is 0 Å². The fourth-order valence-electron chi connectivity index (χ4n) is 1.98. The lowest BCUT2D eigenvalue weighted by atomic mass is 10.1. The molecule has 0 fully saturated rings. The molecular formula is C15H11BrClN3. The molecule has 1 heterocycles. The highest BCUT2D eigenvalue weighted by molar-refractivity contribution is 9.10. The van der Waals surface area contributed by atoms with Crippen LogP contribution in [-0.4, -0.2) is 9.78 Å². The molecule has 2 N–H and O–H groups in total. The van der Waals surface area contributed by atoms with Crippen molar-refractivity contribution < 1.29 is 0 Å². The first-order valence-corrected chi connectivity index (χ1v) is 7.18. The summed E-state index contributed by atoms with van der Waals surface area (Å²) in [7, 11) is 0. The highest BCUT2D eigenvalue weighted by Gasteiger charge is 2.11. The molecule has 3 aromatic rings. The summed E-state index contributed by atoms with van der Waals surface area (Å²) in [5.74, 6) is 0. The number of anilines is 1. The normalized spacial score (nSPS) is 10.7. The van der Waals surface area contributed by atoms with Crippen LogP contribution >= 0.6 is 27.5 Å². The zero-order valence-corrected chi connectivity index (χ0v) is 12.8. The fraction of sp³-hybridized carbons (Fsp3) is 0. The summed E-state index contributed by atoms with van der Waals surface area (Å²) in [6.07, 6.45) is 1.81. The third-order valence-electron chi connectivity index (χ3n) is 2.96. The number of nitrogens with zero attached hydrogens (tertiary/aromatic N) is 2. The first-order chi connectivity index (χ1) is 9.65. The van der Waals surface area contributed by atoms with Crippen molar-refractivity contribution in [2.24, 2.45) is 0 Å². The highest BCUT2D eigenvalue weighted by atomic mass is 79.9. The van der Waals surface area contributed by atoms with Crippen LogP contribution in [0.3, 0.4) is 0 Å². The second-order valence-corrected chi connectivity index (χ2v) is 5.63. The summed E-state index contributed by atoms with van der Waals surface area (Å²) < 4.78 is 2.73. The third-order valence-corrected chi connectivity index (χ3v) is 3.88. The number of benzene rings is 2. The van der Waals surface area contributed by atoms with Crippen molar-refractivity contribution in [3.63, 3.8) is 0 Å². The molecular weight excluding hydrogens is 338 g/mol. The van der Waals surface area contributed by atoms with E-state index in [1.807, 2.05) is 54.7 Å². The second kappa shape index (κ2) is 5.31. The number of hydrogen-bond acceptors (Lipinski definition) is 2. The minimum atomic E-state index is 0.628. The van der Waals surface area contributed by atoms with Crippen molar-refractivity contribution in [3.8, 4) is 16.9 Å². The van der Waals surface area contributed by atoms with Gasteiger partial charge in [0, 0.05) is 15.1 Å². The number of para-hydroxylation sites is 1. The van der Waals surface area contributed by atoms with Gasteiger partial charge in [0.15, 0.2) is 0 Å². The zero-order chi connectivity index (χ0) is 14.1. The Labute approximate surface area is 130 Å². The number of halogens is 2. The van der Waals surface area contributed by atoms with Gasteiger partial charge in [-0.15, -0.1) is 0 Å². The van der Waals surface area contributed by atoms with E-state index in [1.54, 1.807) is 4.68 Å². The van der Waals surface area contributed by atoms with Crippen LogP contribution in [0.2, 0.25) is 5.02 Å². The minimum absolute atomic E-state index is 0.628. The lowest BCUT2D eigenvalue weighted by Gasteiger charge is -2.03. The number of rotatable bonds is 2. The third kappa shape index (κ3) is 2.44. The molecule has 0 atom stereocenters. The number of nitrogens with two attached hydrogens (primary N) is 1. The summed E-state index contributed by atoms with van der Waals surface area (Å²) in [5, 5.41) is 5.25. The Bertz CT molecular complexity index is 750. The maximum Gasteiger partial charge on any atom is 0.116 e. The van der Waals surface area contributed by atoms with E-state index in [2.05, 4.69) is 21.0 Å². The van der Waals surface area contributed by atoms with Crippen LogP contribution in [0.4, 0.5) is 5.69 Å². The van der Waals surface area contributed by atoms with E-state index in [0.717, 1.165) is 21.4 Å². The molecule has 5 heteroatoms. The van der Waals surface area contributed by atoms with Crippen molar-refractivity contribution in [1.29, 1.82) is 0 Å². The Hall–Kier alpha value is -1.78. The molecule has 0 amide bonds. The molecule has 1 aromatic heterocycles. The maximum absolute atomic E-state index is 6.07. The van der Waals surface area contributed by atoms with Crippen molar-refractivity contribution in [3.05, 3.63) is 64.2 Å². The van der Waals surface area contributed by atoms with Crippen LogP contribution in [0.15, 0.2) is 59.2 Å². The van der Waals surface area contributed by atoms with E-state index in [9.17, 15) is 0 Å². The van der Waals surface area contributed by atoms with Gasteiger partial charge in [-0.25, -0.2) is 4.68 Å². The van der Waals surface area contributed by atoms with Gasteiger partial charge in [-0.1, -0.05) is 35.9 Å². The molecule has 0 unspecified atom stereocenters. The van der Waals surface area contributed by atoms with Gasteiger partial charge in [-0.2, -0.15) is 5.10 Å². The van der Waals surface area contributed by atoms with E-state index >= 15 is 0 Å². The van der Waals surface area contributed by atoms with Gasteiger partial charge in [-0.05, 0) is 40.2 Å². The van der Waals surface area contributed by atoms with E-state index in [1.165, 1.54) is 0 Å². The summed E-state index contributed by atoms with van der Waals surface area (Å²) in [4.78, 5) is 0. The predicted molar refractivity (Wildman–Crippen MR) is 86.1 cm³/mol. The molecule has 0 spiro atoms. The topological polar surface area (TPSA) is 43.8 Å². The van der Waals surface area contributed by atoms with Gasteiger partial charge in [-0.3, -0.25) is 0 Å². The molecule has 0 aliphatic heterocycles. The lowest BCUT2D eigenvalue weighted by molar-refractivity contribution is 0.880. The van der Waals surface area contributed by atoms with Crippen molar-refractivity contribution in [1.82, 2.24) is 9.78 Å². The first-order valence-electron chi connectivity index (χ1n) is 6.01. The van der Waals surface area contributed by atoms with Crippen molar-refractivity contribution in [2.45, 2.75) is 0 Å². The molecule has 0 radical (unpaired) electrons. The largest absolute Gasteiger partial charge is 0.396 e. The van der Waals surface area contributed by atoms with Crippen molar-refractivity contribution in [2.75, 3.05) is 5.73 Å². The molecule has 0 aliphatic carbocycles. The van der Waals surface area contributed by atoms with Crippen LogP contribution in [0, 0.1) is 0 Å². The van der Waals surface area contributed by atoms with Crippen LogP contribution < -0.4 is 5.73 Å². The maximum atomic E-state index is 6.07. The molecule has 0 bridgehead atoms. The number of hydrogen-bond donors (Lipinski definition) is 1. The van der Waals surface area contributed by atoms with Crippen LogP contribution in [0.1, 0.15) is 0 Å². The molecule has 0 saturated heterocycles. The molecule has 3 nitrogen and oxygen atoms in total. The Kier molecular flexibility index (Phi) is 3.51. The van der Waals surface area contributed by atoms with Crippen LogP contribution in [0.5, 0.6) is 0 Å². The molecule has 0 saturated carbocycles. The smallest absolute Gasteiger partial charge is 0.116 e. The van der Waals surface area contributed by atoms with E-state index in [0.29, 0.717) is 10.7 Å². The van der Waals surface area contributed by atoms with Gasteiger partial charge < -0.3 is 5.73 Å². The summed E-state index contributed by atoms with van der Waals surface area (Å²) in [6, 6.07) is 15.3. The van der Waals surface area contributed by atoms with Gasteiger partial charge >= 0.3 is 0 Å². The second-order valence-electron chi connectivity index (χ2n) is 4.34. The Morgan fingerprint density at radius 2 is 1.75 bits per heavy atom. The van der Waals surface area contributed by atoms with E-state index in [4.69, 9.17) is 17.3 Å². The number of nitrogen functional groups attached to an aromatic ring is 1. The SMILES string of the molecule is Nc1cn(-c2ccccc2Br)nc1-c1ccc(Cl)cc1. The standard InChI is InChI=1S/C15H11BrClN3/c16-12-3-1-2-4-14(12)20-9-13(18)15(19-20)10-5-7-11(17)8-6-10/h1-9H,18H2. The average Bonchev–Trinajstić information content (AvgIpc) is 2.82. The van der Waals surface area contributed by atoms with Crippen molar-refractivity contribution >= 4 is 33.2 Å². The summed E-state index contributed by atoms with van der Waals surface area (Å²) in [5.41, 5.74) is 9.33. The number of aromatic nitrogens is 2. The Morgan fingerprint density at radius 1 is 1.05 bits per heavy atom. The Balaban J connectivity index is 2.08. The molecule has 3 rings (SSSR count). The van der Waals surface area contributed by atoms with Gasteiger partial charge in [0.05, 0.1) is 17.6 Å². The lowest BCUT2D eigenvalue weighted by Crippen LogP contribution is -1.95. The van der Waals surface area contributed by atoms with Crippen LogP contribution in [-0.2, 0) is 0 Å². The van der Waals surface area contributed by atoms with Gasteiger partial charge in [0.1, 0.15) is 5.69 Å². The van der Waals surface area contributed by atoms with Crippen LogP contribution in [0.25, 0.3) is 16.9 Å². The van der Waals surface area contributed by atoms with Gasteiger partial charge in [0.2, 0.25) is 0 Å². The molecule has 100 valence electrons. The summed E-state index contributed by atoms with van der Waals surface area (Å²) in [6.45, 7) is 0. The Morgan fingerprint density at radius 3 is 2.45 bits per heavy atom. The molecule has 0 aliphatic rings. The van der Waals surface area contributed by atoms with E-state index < -0.39 is 0 Å². The molecule has 20 heavy (non-hydrogen) atoms. The first kappa shape index (κ1) is 13.2. The minimum Gasteiger partial charge on any atom is -0.396 e.